The summed E-state index contributed by atoms with van der Waals surface area (Å²) >= 11 is 1.39. The smallest absolute Gasteiger partial charge is 0.258 e. The van der Waals surface area contributed by atoms with Crippen LogP contribution in [-0.2, 0) is 0 Å². The lowest BCUT2D eigenvalue weighted by atomic mass is 10.5. The quantitative estimate of drug-likeness (QED) is 0.445. The molecule has 0 bridgehead atoms. The van der Waals surface area contributed by atoms with Crippen molar-refractivity contribution in [2.24, 2.45) is 0 Å². The topological polar surface area (TPSA) is 43.1 Å². The number of hydrogen-bond acceptors (Lipinski definition) is 3. The second-order valence-electron chi connectivity index (χ2n) is 1.67. The number of nitrogens with zero attached hydrogens (tertiary/aromatic N) is 1. The van der Waals surface area contributed by atoms with Crippen LogP contribution < -0.4 is 0 Å². The van der Waals surface area contributed by atoms with Gasteiger partial charge in [0.2, 0.25) is 0 Å². The highest BCUT2D eigenvalue weighted by Gasteiger charge is 2.04. The molecular weight excluding hydrogens is 138 g/mol. The lowest BCUT2D eigenvalue weighted by Crippen LogP contribution is -1.82. The Hall–Kier alpha value is -0.900. The predicted octanol–water partition coefficient (Wildman–Crippen LogP) is 1.96. The molecule has 0 radical (unpaired) electrons. The molecular formula is C5H5NO2S. The van der Waals surface area contributed by atoms with E-state index >= 15 is 0 Å². The highest BCUT2D eigenvalue weighted by atomic mass is 32.1. The van der Waals surface area contributed by atoms with Crippen molar-refractivity contribution in [2.75, 3.05) is 0 Å². The van der Waals surface area contributed by atoms with Crippen molar-refractivity contribution < 1.29 is 4.92 Å². The first-order chi connectivity index (χ1) is 4.20. The molecule has 0 fully saturated rings. The summed E-state index contributed by atoms with van der Waals surface area (Å²) in [5.41, 5.74) is 0.192. The molecule has 3 nitrogen and oxygen atoms in total. The molecule has 0 unspecified atom stereocenters. The Labute approximate surface area is 56.1 Å². The van der Waals surface area contributed by atoms with Crippen LogP contribution in [0.5, 0.6) is 0 Å². The zero-order valence-corrected chi connectivity index (χ0v) is 5.64. The van der Waals surface area contributed by atoms with E-state index in [0.29, 0.717) is 0 Å². The summed E-state index contributed by atoms with van der Waals surface area (Å²) in [5.74, 6) is 0. The minimum absolute atomic E-state index is 0.192. The van der Waals surface area contributed by atoms with Crippen LogP contribution in [-0.4, -0.2) is 4.92 Å². The fourth-order valence-electron chi connectivity index (χ4n) is 0.525. The van der Waals surface area contributed by atoms with Crippen molar-refractivity contribution >= 4 is 17.0 Å². The molecule has 0 aliphatic heterocycles. The highest BCUT2D eigenvalue weighted by molar-refractivity contribution is 7.10. The van der Waals surface area contributed by atoms with Crippen molar-refractivity contribution in [3.63, 3.8) is 0 Å². The lowest BCUT2D eigenvalue weighted by molar-refractivity contribution is -0.384. The summed E-state index contributed by atoms with van der Waals surface area (Å²) in [7, 11) is 0. The molecule has 48 valence electrons. The third-order valence-electron chi connectivity index (χ3n) is 0.928. The van der Waals surface area contributed by atoms with E-state index in [-0.39, 0.29) is 10.6 Å². The Morgan fingerprint density at radius 3 is 2.67 bits per heavy atom. The van der Waals surface area contributed by atoms with Crippen LogP contribution >= 0.6 is 11.3 Å². The van der Waals surface area contributed by atoms with Gasteiger partial charge in [-0.25, -0.2) is 0 Å². The van der Waals surface area contributed by atoms with Crippen LogP contribution in [0.4, 0.5) is 5.69 Å². The van der Waals surface area contributed by atoms with Crippen LogP contribution in [0.1, 0.15) is 4.88 Å². The first-order valence-electron chi connectivity index (χ1n) is 2.39. The number of nitro groups is 1. The average Bonchev–Trinajstić information content (AvgIpc) is 2.14. The van der Waals surface area contributed by atoms with E-state index in [1.807, 2.05) is 6.92 Å². The molecule has 0 aliphatic carbocycles. The molecule has 1 heterocycles. The third-order valence-corrected chi connectivity index (χ3v) is 1.78. The summed E-state index contributed by atoms with van der Waals surface area (Å²) in [6.45, 7) is 1.84. The minimum Gasteiger partial charge on any atom is -0.258 e. The number of rotatable bonds is 1. The van der Waals surface area contributed by atoms with Crippen LogP contribution in [0.15, 0.2) is 11.4 Å². The van der Waals surface area contributed by atoms with E-state index in [1.165, 1.54) is 16.7 Å². The van der Waals surface area contributed by atoms with Gasteiger partial charge in [0.05, 0.1) is 10.3 Å². The first-order valence-corrected chi connectivity index (χ1v) is 3.27. The summed E-state index contributed by atoms with van der Waals surface area (Å²) in [6, 6.07) is 1.56. The van der Waals surface area contributed by atoms with E-state index in [2.05, 4.69) is 0 Å². The fourth-order valence-corrected chi connectivity index (χ4v) is 1.17. The van der Waals surface area contributed by atoms with Gasteiger partial charge in [-0.2, -0.15) is 0 Å². The second kappa shape index (κ2) is 2.14. The highest BCUT2D eigenvalue weighted by Crippen LogP contribution is 2.19. The van der Waals surface area contributed by atoms with Crippen molar-refractivity contribution in [1.82, 2.24) is 0 Å². The predicted molar refractivity (Wildman–Crippen MR) is 35.7 cm³/mol. The molecule has 0 saturated carbocycles. The normalized spacial score (nSPS) is 9.44. The molecule has 0 N–H and O–H groups in total. The Bertz CT molecular complexity index is 231. The number of hydrogen-bond donors (Lipinski definition) is 0. The van der Waals surface area contributed by atoms with Gasteiger partial charge in [0.1, 0.15) is 0 Å². The van der Waals surface area contributed by atoms with Gasteiger partial charge < -0.3 is 0 Å². The second-order valence-corrected chi connectivity index (χ2v) is 2.79. The SMILES string of the molecule is Cc1cc([N+](=O)[O-])cs1. The van der Waals surface area contributed by atoms with Gasteiger partial charge in [0, 0.05) is 10.9 Å². The maximum absolute atomic E-state index is 10.0. The Morgan fingerprint density at radius 2 is 2.44 bits per heavy atom. The average molecular weight is 143 g/mol. The summed E-state index contributed by atoms with van der Waals surface area (Å²) in [6.07, 6.45) is 0. The van der Waals surface area contributed by atoms with Crippen molar-refractivity contribution in [3.8, 4) is 0 Å². The molecule has 1 rings (SSSR count). The van der Waals surface area contributed by atoms with Crippen LogP contribution in [0.25, 0.3) is 0 Å². The monoisotopic (exact) mass is 143 g/mol. The minimum atomic E-state index is -0.385. The van der Waals surface area contributed by atoms with Gasteiger partial charge in [-0.3, -0.25) is 10.1 Å². The standard InChI is InChI=1S/C5H5NO2S/c1-4-2-5(3-9-4)6(7)8/h2-3H,1H3. The maximum Gasteiger partial charge on any atom is 0.280 e. The molecule has 0 atom stereocenters. The molecule has 9 heavy (non-hydrogen) atoms. The zero-order chi connectivity index (χ0) is 6.85. The van der Waals surface area contributed by atoms with E-state index in [9.17, 15) is 10.1 Å². The number of aryl methyl sites for hydroxylation is 1. The molecule has 0 spiro atoms. The van der Waals surface area contributed by atoms with Crippen molar-refractivity contribution in [2.45, 2.75) is 6.92 Å². The number of thiophene rings is 1. The molecule has 1 aromatic rings. The molecule has 0 aromatic carbocycles. The Morgan fingerprint density at radius 1 is 1.78 bits per heavy atom. The molecule has 0 amide bonds. The third kappa shape index (κ3) is 1.26. The Balaban J connectivity index is 2.98. The van der Waals surface area contributed by atoms with E-state index in [4.69, 9.17) is 0 Å². The van der Waals surface area contributed by atoms with Gasteiger partial charge in [0.15, 0.2) is 0 Å². The van der Waals surface area contributed by atoms with Gasteiger partial charge in [-0.05, 0) is 6.92 Å². The summed E-state index contributed by atoms with van der Waals surface area (Å²) in [5, 5.41) is 11.6. The zero-order valence-electron chi connectivity index (χ0n) is 4.83. The Kier molecular flexibility index (Phi) is 1.48. The van der Waals surface area contributed by atoms with Gasteiger partial charge in [-0.15, -0.1) is 11.3 Å². The lowest BCUT2D eigenvalue weighted by Gasteiger charge is -1.78. The largest absolute Gasteiger partial charge is 0.280 e. The summed E-state index contributed by atoms with van der Waals surface area (Å²) in [4.78, 5) is 10.6. The van der Waals surface area contributed by atoms with E-state index in [0.717, 1.165) is 4.88 Å². The van der Waals surface area contributed by atoms with Gasteiger partial charge >= 0.3 is 0 Å². The van der Waals surface area contributed by atoms with E-state index < -0.39 is 0 Å². The van der Waals surface area contributed by atoms with Crippen LogP contribution in [0.3, 0.4) is 0 Å². The van der Waals surface area contributed by atoms with Crippen LogP contribution in [0.2, 0.25) is 0 Å². The van der Waals surface area contributed by atoms with E-state index in [1.54, 1.807) is 6.07 Å². The molecule has 0 saturated heterocycles. The molecule has 4 heteroatoms. The maximum atomic E-state index is 10.0. The molecule has 0 aliphatic rings. The van der Waals surface area contributed by atoms with Gasteiger partial charge in [0.25, 0.3) is 5.69 Å². The summed E-state index contributed by atoms with van der Waals surface area (Å²) < 4.78 is 0. The van der Waals surface area contributed by atoms with Crippen LogP contribution in [0, 0.1) is 17.0 Å². The van der Waals surface area contributed by atoms with Crippen molar-refractivity contribution in [3.05, 3.63) is 26.4 Å². The van der Waals surface area contributed by atoms with Crippen molar-refractivity contribution in [1.29, 1.82) is 0 Å². The molecule has 1 aromatic heterocycles. The first kappa shape index (κ1) is 6.22. The van der Waals surface area contributed by atoms with Gasteiger partial charge in [-0.1, -0.05) is 0 Å². The fraction of sp³-hybridized carbons (Fsp3) is 0.200.